The van der Waals surface area contributed by atoms with Crippen molar-refractivity contribution < 1.29 is 13.5 Å². The molecule has 0 aromatic rings. The Hall–Kier alpha value is -0.990. The van der Waals surface area contributed by atoms with Crippen LogP contribution >= 0.6 is 0 Å². The number of rotatable bonds is 4. The molecule has 0 aromatic carbocycles. The molecule has 0 heterocycles. The fraction of sp³-hybridized carbons (Fsp3) is 0.571. The molecule has 0 aliphatic rings. The average molecular weight is 176 g/mol. The van der Waals surface area contributed by atoms with Crippen LogP contribution in [0.4, 0.5) is 8.78 Å². The highest BCUT2D eigenvalue weighted by atomic mass is 19.3. The van der Waals surface area contributed by atoms with Crippen molar-refractivity contribution in [1.29, 1.82) is 5.26 Å². The average Bonchev–Trinajstić information content (AvgIpc) is 2.04. The molecule has 0 aromatic heterocycles. The summed E-state index contributed by atoms with van der Waals surface area (Å²) in [5, 5.41) is 8.31. The van der Waals surface area contributed by atoms with Crippen molar-refractivity contribution in [3.05, 3.63) is 12.2 Å². The first kappa shape index (κ1) is 11.0. The predicted molar refractivity (Wildman–Crippen MR) is 39.6 cm³/mol. The SMILES string of the molecule is COCC=CC(N)(C#N)C(F)F. The van der Waals surface area contributed by atoms with Gasteiger partial charge in [0.05, 0.1) is 12.7 Å². The number of alkyl halides is 2. The third kappa shape index (κ3) is 2.95. The lowest BCUT2D eigenvalue weighted by Crippen LogP contribution is -2.43. The molecule has 0 rings (SSSR count). The minimum Gasteiger partial charge on any atom is -0.381 e. The van der Waals surface area contributed by atoms with Crippen LogP contribution in [-0.2, 0) is 4.74 Å². The quantitative estimate of drug-likeness (QED) is 0.640. The third-order valence-electron chi connectivity index (χ3n) is 1.21. The molecule has 5 heteroatoms. The number of hydrogen-bond acceptors (Lipinski definition) is 3. The van der Waals surface area contributed by atoms with Crippen LogP contribution in [0.5, 0.6) is 0 Å². The van der Waals surface area contributed by atoms with Gasteiger partial charge in [0, 0.05) is 7.11 Å². The van der Waals surface area contributed by atoms with Crippen molar-refractivity contribution in [3.8, 4) is 6.07 Å². The predicted octanol–water partition coefficient (Wildman–Crippen LogP) is 0.675. The van der Waals surface area contributed by atoms with Gasteiger partial charge in [-0.25, -0.2) is 8.78 Å². The molecule has 2 N–H and O–H groups in total. The Morgan fingerprint density at radius 3 is 2.67 bits per heavy atom. The van der Waals surface area contributed by atoms with E-state index in [1.54, 1.807) is 0 Å². The molecule has 1 unspecified atom stereocenters. The second-order valence-electron chi connectivity index (χ2n) is 2.20. The van der Waals surface area contributed by atoms with E-state index in [9.17, 15) is 8.78 Å². The zero-order valence-electron chi connectivity index (χ0n) is 6.63. The maximum Gasteiger partial charge on any atom is 0.273 e. The largest absolute Gasteiger partial charge is 0.381 e. The Labute approximate surface area is 69.4 Å². The summed E-state index contributed by atoms with van der Waals surface area (Å²) in [4.78, 5) is 0. The highest BCUT2D eigenvalue weighted by Crippen LogP contribution is 2.12. The van der Waals surface area contributed by atoms with Crippen LogP contribution in [0.3, 0.4) is 0 Å². The molecule has 0 spiro atoms. The molecule has 0 radical (unpaired) electrons. The van der Waals surface area contributed by atoms with E-state index in [-0.39, 0.29) is 6.61 Å². The van der Waals surface area contributed by atoms with Gasteiger partial charge < -0.3 is 10.5 Å². The van der Waals surface area contributed by atoms with Crippen LogP contribution in [-0.4, -0.2) is 25.7 Å². The van der Waals surface area contributed by atoms with Gasteiger partial charge in [-0.3, -0.25) is 0 Å². The minimum absolute atomic E-state index is 0.160. The van der Waals surface area contributed by atoms with Gasteiger partial charge in [-0.2, -0.15) is 5.26 Å². The first-order chi connectivity index (χ1) is 5.56. The number of hydrogen-bond donors (Lipinski definition) is 1. The molecule has 0 fully saturated rings. The Morgan fingerprint density at radius 1 is 1.75 bits per heavy atom. The normalized spacial score (nSPS) is 16.3. The molecule has 0 amide bonds. The summed E-state index contributed by atoms with van der Waals surface area (Å²) in [5.74, 6) is 0. The minimum atomic E-state index is -2.89. The van der Waals surface area contributed by atoms with E-state index in [4.69, 9.17) is 11.0 Å². The maximum atomic E-state index is 12.1. The zero-order chi connectivity index (χ0) is 9.61. The van der Waals surface area contributed by atoms with Gasteiger partial charge in [0.15, 0.2) is 5.54 Å². The molecule has 0 bridgehead atoms. The summed E-state index contributed by atoms with van der Waals surface area (Å²) in [6.45, 7) is 0.160. The topological polar surface area (TPSA) is 59.0 Å². The Balaban J connectivity index is 4.26. The highest BCUT2D eigenvalue weighted by molar-refractivity contribution is 5.20. The summed E-state index contributed by atoms with van der Waals surface area (Å²) in [6, 6.07) is 1.32. The van der Waals surface area contributed by atoms with Gasteiger partial charge in [0.2, 0.25) is 0 Å². The summed E-state index contributed by atoms with van der Waals surface area (Å²) in [6.07, 6.45) is -0.660. The van der Waals surface area contributed by atoms with Crippen LogP contribution < -0.4 is 5.73 Å². The van der Waals surface area contributed by atoms with Gasteiger partial charge in [-0.1, -0.05) is 6.08 Å². The van der Waals surface area contributed by atoms with Crippen LogP contribution in [0.1, 0.15) is 0 Å². The fourth-order valence-electron chi connectivity index (χ4n) is 0.498. The van der Waals surface area contributed by atoms with Crippen LogP contribution in [0, 0.1) is 11.3 Å². The van der Waals surface area contributed by atoms with E-state index in [0.717, 1.165) is 6.08 Å². The molecular weight excluding hydrogens is 166 g/mol. The van der Waals surface area contributed by atoms with E-state index in [1.807, 2.05) is 0 Å². The summed E-state index contributed by atoms with van der Waals surface area (Å²) >= 11 is 0. The summed E-state index contributed by atoms with van der Waals surface area (Å²) in [7, 11) is 1.41. The number of nitrogens with zero attached hydrogens (tertiary/aromatic N) is 1. The first-order valence-electron chi connectivity index (χ1n) is 3.21. The number of nitriles is 1. The van der Waals surface area contributed by atoms with Crippen molar-refractivity contribution in [2.24, 2.45) is 5.73 Å². The molecule has 0 saturated carbocycles. The van der Waals surface area contributed by atoms with E-state index in [0.29, 0.717) is 0 Å². The number of nitrogens with two attached hydrogens (primary N) is 1. The van der Waals surface area contributed by atoms with Crippen LogP contribution in [0.25, 0.3) is 0 Å². The van der Waals surface area contributed by atoms with Crippen LogP contribution in [0.15, 0.2) is 12.2 Å². The monoisotopic (exact) mass is 176 g/mol. The van der Waals surface area contributed by atoms with E-state index in [1.165, 1.54) is 19.3 Å². The first-order valence-corrected chi connectivity index (χ1v) is 3.21. The van der Waals surface area contributed by atoms with Crippen molar-refractivity contribution in [2.75, 3.05) is 13.7 Å². The highest BCUT2D eigenvalue weighted by Gasteiger charge is 2.32. The molecule has 12 heavy (non-hydrogen) atoms. The van der Waals surface area contributed by atoms with Crippen molar-refractivity contribution >= 4 is 0 Å². The van der Waals surface area contributed by atoms with E-state index in [2.05, 4.69) is 4.74 Å². The van der Waals surface area contributed by atoms with Gasteiger partial charge >= 0.3 is 0 Å². The Kier molecular flexibility index (Phi) is 4.40. The van der Waals surface area contributed by atoms with Gasteiger partial charge in [-0.05, 0) is 6.08 Å². The number of methoxy groups -OCH3 is 1. The standard InChI is InChI=1S/C7H10F2N2O/c1-12-4-2-3-7(11,5-10)6(8)9/h2-3,6H,4,11H2,1H3. The smallest absolute Gasteiger partial charge is 0.273 e. The lowest BCUT2D eigenvalue weighted by atomic mass is 10.0. The van der Waals surface area contributed by atoms with Crippen molar-refractivity contribution in [3.63, 3.8) is 0 Å². The summed E-state index contributed by atoms with van der Waals surface area (Å²) < 4.78 is 28.7. The van der Waals surface area contributed by atoms with Gasteiger partial charge in [0.1, 0.15) is 0 Å². The van der Waals surface area contributed by atoms with Gasteiger partial charge in [0.25, 0.3) is 6.43 Å². The molecule has 0 aliphatic heterocycles. The number of halogens is 2. The Morgan fingerprint density at radius 2 is 2.33 bits per heavy atom. The lowest BCUT2D eigenvalue weighted by Gasteiger charge is -2.14. The number of ether oxygens (including phenoxy) is 1. The molecule has 68 valence electrons. The second kappa shape index (κ2) is 4.80. The second-order valence-corrected chi connectivity index (χ2v) is 2.20. The molecular formula is C7H10F2N2O. The fourth-order valence-corrected chi connectivity index (χ4v) is 0.498. The van der Waals surface area contributed by atoms with Crippen LogP contribution in [0.2, 0.25) is 0 Å². The maximum absolute atomic E-state index is 12.1. The lowest BCUT2D eigenvalue weighted by molar-refractivity contribution is 0.105. The van der Waals surface area contributed by atoms with Crippen molar-refractivity contribution in [2.45, 2.75) is 12.0 Å². The molecule has 0 saturated heterocycles. The van der Waals surface area contributed by atoms with Gasteiger partial charge in [-0.15, -0.1) is 0 Å². The molecule has 3 nitrogen and oxygen atoms in total. The van der Waals surface area contributed by atoms with Crippen molar-refractivity contribution in [1.82, 2.24) is 0 Å². The zero-order valence-corrected chi connectivity index (χ0v) is 6.63. The summed E-state index contributed by atoms with van der Waals surface area (Å²) in [5.41, 5.74) is 2.83. The molecule has 0 aliphatic carbocycles. The van der Waals surface area contributed by atoms with E-state index < -0.39 is 12.0 Å². The Bertz CT molecular complexity index is 200. The molecule has 1 atom stereocenters. The third-order valence-corrected chi connectivity index (χ3v) is 1.21. The van der Waals surface area contributed by atoms with E-state index >= 15 is 0 Å².